The van der Waals surface area contributed by atoms with E-state index in [1.807, 2.05) is 55.0 Å². The Morgan fingerprint density at radius 3 is 2.17 bits per heavy atom. The van der Waals surface area contributed by atoms with Gasteiger partial charge in [0.2, 0.25) is 11.8 Å². The van der Waals surface area contributed by atoms with E-state index in [-0.39, 0.29) is 30.7 Å². The van der Waals surface area contributed by atoms with Gasteiger partial charge < -0.3 is 15.2 Å². The second-order valence-electron chi connectivity index (χ2n) is 12.1. The van der Waals surface area contributed by atoms with Crippen molar-refractivity contribution in [1.29, 1.82) is 0 Å². The topological polar surface area (TPSA) is 91.6 Å². The maximum atomic E-state index is 13.6. The molecule has 1 aliphatic rings. The number of allylic oxidation sites excluding steroid dienone is 4. The minimum Gasteiger partial charge on any atom is -0.357 e. The van der Waals surface area contributed by atoms with Gasteiger partial charge in [-0.05, 0) is 29.5 Å². The molecule has 2 unspecified atom stereocenters. The summed E-state index contributed by atoms with van der Waals surface area (Å²) in [5.74, 6) is -0.388. The Labute approximate surface area is 284 Å². The van der Waals surface area contributed by atoms with Gasteiger partial charge in [0.1, 0.15) is 11.6 Å². The second kappa shape index (κ2) is 16.7. The van der Waals surface area contributed by atoms with E-state index in [1.54, 1.807) is 14.1 Å². The minimum atomic E-state index is -0.796. The molecule has 0 saturated carbocycles. The number of likely N-dealkylation sites (N-methyl/N-ethyl adjacent to an activating group) is 1. The van der Waals surface area contributed by atoms with Gasteiger partial charge in [0, 0.05) is 51.4 Å². The number of imidazole rings is 1. The lowest BCUT2D eigenvalue weighted by atomic mass is 9.70. The third-order valence-electron chi connectivity index (χ3n) is 9.05. The molecule has 48 heavy (non-hydrogen) atoms. The highest BCUT2D eigenvalue weighted by Crippen LogP contribution is 2.44. The average Bonchev–Trinajstić information content (AvgIpc) is 3.60. The fourth-order valence-corrected chi connectivity index (χ4v) is 6.66. The molecule has 0 radical (unpaired) electrons. The van der Waals surface area contributed by atoms with E-state index in [2.05, 4.69) is 105 Å². The summed E-state index contributed by atoms with van der Waals surface area (Å²) in [4.78, 5) is 38.0. The summed E-state index contributed by atoms with van der Waals surface area (Å²) in [6.07, 6.45) is 14.5. The van der Waals surface area contributed by atoms with Crippen LogP contribution in [0, 0.1) is 5.92 Å². The summed E-state index contributed by atoms with van der Waals surface area (Å²) in [7, 11) is 3.37. The van der Waals surface area contributed by atoms with Crippen LogP contribution in [0.15, 0.2) is 133 Å². The molecule has 2 amide bonds. The predicted molar refractivity (Wildman–Crippen MR) is 193 cm³/mol. The molecular weight excluding hydrogens is 596 g/mol. The third kappa shape index (κ3) is 8.06. The molecule has 1 aromatic heterocycles. The van der Waals surface area contributed by atoms with Crippen LogP contribution in [0.4, 0.5) is 0 Å². The molecule has 5 rings (SSSR count). The van der Waals surface area contributed by atoms with E-state index in [1.165, 1.54) is 0 Å². The van der Waals surface area contributed by atoms with Crippen molar-refractivity contribution >= 4 is 17.5 Å². The Hall–Kier alpha value is -5.08. The number of hydrogen-bond donors (Lipinski definition) is 2. The van der Waals surface area contributed by atoms with Gasteiger partial charge in [-0.1, -0.05) is 122 Å². The van der Waals surface area contributed by atoms with Crippen LogP contribution in [0.5, 0.6) is 0 Å². The number of hydrogen-bond acceptors (Lipinski definition) is 5. The van der Waals surface area contributed by atoms with Gasteiger partial charge in [-0.3, -0.25) is 19.5 Å². The Balaban J connectivity index is 1.42. The SMILES string of the molecule is CCC(CN(CC(=O)NC(Cc1cn(C(c2ccccc2)(c2ccccc2)C2C=CC=CC2)cn1)C(=O)NC)Cc1ccccc1)=NC. The number of carbonyl (C=O) groups excluding carboxylic acids is 2. The van der Waals surface area contributed by atoms with E-state index >= 15 is 0 Å². The maximum absolute atomic E-state index is 13.6. The highest BCUT2D eigenvalue weighted by Gasteiger charge is 2.42. The fraction of sp³-hybridized carbons (Fsp3) is 0.300. The number of aliphatic imine (C=N–C) groups is 1. The number of nitrogens with one attached hydrogen (secondary N) is 2. The Kier molecular flexibility index (Phi) is 11.9. The largest absolute Gasteiger partial charge is 0.357 e. The molecule has 0 aliphatic heterocycles. The molecule has 0 spiro atoms. The number of rotatable bonds is 15. The number of carbonyl (C=O) groups is 2. The zero-order valence-electron chi connectivity index (χ0n) is 28.1. The quantitative estimate of drug-likeness (QED) is 0.166. The first-order chi connectivity index (χ1) is 23.5. The molecule has 8 nitrogen and oxygen atoms in total. The number of benzene rings is 3. The Morgan fingerprint density at radius 2 is 1.60 bits per heavy atom. The molecule has 0 saturated heterocycles. The molecule has 1 aliphatic carbocycles. The highest BCUT2D eigenvalue weighted by atomic mass is 16.2. The lowest BCUT2D eigenvalue weighted by Gasteiger charge is -2.42. The summed E-state index contributed by atoms with van der Waals surface area (Å²) >= 11 is 0. The molecular formula is C40H46N6O2. The summed E-state index contributed by atoms with van der Waals surface area (Å²) in [5, 5.41) is 5.75. The predicted octanol–water partition coefficient (Wildman–Crippen LogP) is 5.56. The van der Waals surface area contributed by atoms with Crippen LogP contribution in [-0.4, -0.2) is 65.2 Å². The molecule has 0 bridgehead atoms. The molecule has 2 atom stereocenters. The zero-order valence-corrected chi connectivity index (χ0v) is 28.1. The first kappa shape index (κ1) is 34.3. The third-order valence-corrected chi connectivity index (χ3v) is 9.05. The molecule has 4 aromatic rings. The minimum absolute atomic E-state index is 0.110. The monoisotopic (exact) mass is 642 g/mol. The van der Waals surface area contributed by atoms with E-state index in [9.17, 15) is 9.59 Å². The second-order valence-corrected chi connectivity index (χ2v) is 12.1. The van der Waals surface area contributed by atoms with Crippen LogP contribution in [0.1, 0.15) is 42.1 Å². The van der Waals surface area contributed by atoms with Crippen LogP contribution in [-0.2, 0) is 28.1 Å². The average molecular weight is 643 g/mol. The smallest absolute Gasteiger partial charge is 0.242 e. The van der Waals surface area contributed by atoms with E-state index < -0.39 is 11.6 Å². The van der Waals surface area contributed by atoms with Crippen molar-refractivity contribution in [3.05, 3.63) is 150 Å². The van der Waals surface area contributed by atoms with Crippen molar-refractivity contribution in [3.63, 3.8) is 0 Å². The van der Waals surface area contributed by atoms with E-state index in [0.717, 1.165) is 35.2 Å². The van der Waals surface area contributed by atoms with Crippen molar-refractivity contribution < 1.29 is 9.59 Å². The molecule has 3 aromatic carbocycles. The van der Waals surface area contributed by atoms with Crippen molar-refractivity contribution in [2.75, 3.05) is 27.2 Å². The summed E-state index contributed by atoms with van der Waals surface area (Å²) in [6, 6.07) is 30.3. The van der Waals surface area contributed by atoms with Crippen molar-refractivity contribution in [2.24, 2.45) is 10.9 Å². The Morgan fingerprint density at radius 1 is 0.958 bits per heavy atom. The van der Waals surface area contributed by atoms with Crippen molar-refractivity contribution in [1.82, 2.24) is 25.1 Å². The zero-order chi connectivity index (χ0) is 33.8. The number of amides is 2. The Bertz CT molecular complexity index is 1670. The van der Waals surface area contributed by atoms with Gasteiger partial charge in [-0.25, -0.2) is 4.98 Å². The first-order valence-electron chi connectivity index (χ1n) is 16.7. The van der Waals surface area contributed by atoms with Crippen LogP contribution in [0.25, 0.3) is 0 Å². The van der Waals surface area contributed by atoms with Gasteiger partial charge in [0.05, 0.1) is 18.6 Å². The van der Waals surface area contributed by atoms with E-state index in [4.69, 9.17) is 4.98 Å². The standard InChI is InChI=1S/C40H46N6O2/c1-4-35(41-2)27-45(26-31-17-9-5-10-18-31)29-38(47)44-37(39(48)42-3)25-36-28-46(30-43-36)40(32-19-11-6-12-20-32,33-21-13-7-14-22-33)34-23-15-8-16-24-34/h5-23,28,30,34,37H,4,24-27,29H2,1-3H3,(H,42,48)(H,44,47). The van der Waals surface area contributed by atoms with Gasteiger partial charge in [0.25, 0.3) is 0 Å². The van der Waals surface area contributed by atoms with Crippen molar-refractivity contribution in [3.8, 4) is 0 Å². The number of aromatic nitrogens is 2. The normalized spacial score (nSPS) is 15.3. The van der Waals surface area contributed by atoms with Gasteiger partial charge in [-0.15, -0.1) is 0 Å². The fourth-order valence-electron chi connectivity index (χ4n) is 6.66. The first-order valence-corrected chi connectivity index (χ1v) is 16.7. The van der Waals surface area contributed by atoms with Gasteiger partial charge >= 0.3 is 0 Å². The van der Waals surface area contributed by atoms with Crippen molar-refractivity contribution in [2.45, 2.75) is 44.3 Å². The summed E-state index contributed by atoms with van der Waals surface area (Å²) in [5.41, 5.74) is 4.52. The number of nitrogens with zero attached hydrogens (tertiary/aromatic N) is 4. The van der Waals surface area contributed by atoms with Crippen LogP contribution < -0.4 is 10.6 Å². The summed E-state index contributed by atoms with van der Waals surface area (Å²) < 4.78 is 2.18. The summed E-state index contributed by atoms with van der Waals surface area (Å²) in [6.45, 7) is 3.35. The molecule has 2 N–H and O–H groups in total. The lowest BCUT2D eigenvalue weighted by Crippen LogP contribution is -2.50. The molecule has 0 fully saturated rings. The molecule has 248 valence electrons. The van der Waals surface area contributed by atoms with Crippen LogP contribution in [0.3, 0.4) is 0 Å². The molecule has 1 heterocycles. The van der Waals surface area contributed by atoms with Gasteiger partial charge in [-0.2, -0.15) is 0 Å². The van der Waals surface area contributed by atoms with E-state index in [0.29, 0.717) is 18.8 Å². The lowest BCUT2D eigenvalue weighted by molar-refractivity contribution is -0.129. The van der Waals surface area contributed by atoms with Gasteiger partial charge in [0.15, 0.2) is 0 Å². The highest BCUT2D eigenvalue weighted by molar-refractivity contribution is 5.89. The molecule has 8 heteroatoms. The maximum Gasteiger partial charge on any atom is 0.242 e. The van der Waals surface area contributed by atoms with Crippen LogP contribution >= 0.6 is 0 Å². The van der Waals surface area contributed by atoms with Crippen LogP contribution in [0.2, 0.25) is 0 Å².